The maximum absolute atomic E-state index is 12.1. The molecular formula is C27H32O12. The molecule has 0 heterocycles. The Kier molecular flexibility index (Phi) is 13.3. The SMILES string of the molecule is C=C(C)C(=O)OCCC(Cc1cccc(C(=O)O)c1C(=O)O)OCC(COOC(=O)C(=C)C)OC(=O)C(=C)C. The molecule has 12 heteroatoms. The third-order valence-corrected chi connectivity index (χ3v) is 4.94. The molecular weight excluding hydrogens is 516 g/mol. The van der Waals surface area contributed by atoms with Crippen molar-refractivity contribution in [2.45, 2.75) is 45.8 Å². The summed E-state index contributed by atoms with van der Waals surface area (Å²) in [6.45, 7) is 13.8. The van der Waals surface area contributed by atoms with Crippen molar-refractivity contribution >= 4 is 29.8 Å². The molecule has 0 aromatic heterocycles. The largest absolute Gasteiger partial charge is 0.478 e. The summed E-state index contributed by atoms with van der Waals surface area (Å²) in [5, 5.41) is 19.1. The number of hydrogen-bond donors (Lipinski definition) is 2. The molecule has 0 saturated heterocycles. The van der Waals surface area contributed by atoms with Crippen molar-refractivity contribution in [2.24, 2.45) is 0 Å². The molecule has 2 atom stereocenters. The minimum atomic E-state index is -1.45. The van der Waals surface area contributed by atoms with Gasteiger partial charge in [0, 0.05) is 23.1 Å². The molecule has 1 aromatic rings. The van der Waals surface area contributed by atoms with Crippen LogP contribution in [0.3, 0.4) is 0 Å². The lowest BCUT2D eigenvalue weighted by Gasteiger charge is -2.23. The summed E-state index contributed by atoms with van der Waals surface area (Å²) in [6, 6.07) is 3.99. The zero-order valence-electron chi connectivity index (χ0n) is 22.0. The van der Waals surface area contributed by atoms with Gasteiger partial charge in [-0.15, -0.1) is 0 Å². The zero-order valence-corrected chi connectivity index (χ0v) is 22.0. The van der Waals surface area contributed by atoms with Gasteiger partial charge in [0.05, 0.1) is 30.4 Å². The number of carboxylic acid groups (broad SMARTS) is 2. The van der Waals surface area contributed by atoms with Gasteiger partial charge in [-0.3, -0.25) is 4.89 Å². The van der Waals surface area contributed by atoms with Crippen molar-refractivity contribution in [2.75, 3.05) is 19.8 Å². The number of ether oxygens (including phenoxy) is 3. The Labute approximate surface area is 225 Å². The van der Waals surface area contributed by atoms with Crippen LogP contribution in [0.15, 0.2) is 54.7 Å². The van der Waals surface area contributed by atoms with Gasteiger partial charge in [-0.25, -0.2) is 24.0 Å². The van der Waals surface area contributed by atoms with Crippen LogP contribution in [-0.2, 0) is 44.8 Å². The van der Waals surface area contributed by atoms with Crippen molar-refractivity contribution in [3.8, 4) is 0 Å². The van der Waals surface area contributed by atoms with Crippen molar-refractivity contribution < 1.29 is 58.2 Å². The monoisotopic (exact) mass is 548 g/mol. The van der Waals surface area contributed by atoms with E-state index in [4.69, 9.17) is 19.1 Å². The quantitative estimate of drug-likeness (QED) is 0.126. The lowest BCUT2D eigenvalue weighted by Crippen LogP contribution is -2.32. The van der Waals surface area contributed by atoms with E-state index in [9.17, 15) is 34.2 Å². The average Bonchev–Trinajstić information content (AvgIpc) is 2.85. The first-order chi connectivity index (χ1) is 18.2. The fourth-order valence-electron chi connectivity index (χ4n) is 2.94. The van der Waals surface area contributed by atoms with Crippen molar-refractivity contribution in [3.05, 3.63) is 71.3 Å². The van der Waals surface area contributed by atoms with Crippen LogP contribution < -0.4 is 0 Å². The van der Waals surface area contributed by atoms with E-state index in [1.807, 2.05) is 0 Å². The smallest absolute Gasteiger partial charge is 0.368 e. The first-order valence-electron chi connectivity index (χ1n) is 11.6. The van der Waals surface area contributed by atoms with Crippen molar-refractivity contribution in [1.29, 1.82) is 0 Å². The Bertz CT molecular complexity index is 1130. The minimum absolute atomic E-state index is 0.0576. The van der Waals surface area contributed by atoms with Crippen LogP contribution in [0.5, 0.6) is 0 Å². The zero-order chi connectivity index (χ0) is 29.7. The van der Waals surface area contributed by atoms with Crippen LogP contribution in [0.4, 0.5) is 0 Å². The third kappa shape index (κ3) is 11.3. The summed E-state index contributed by atoms with van der Waals surface area (Å²) in [5.41, 5.74) is -0.349. The summed E-state index contributed by atoms with van der Waals surface area (Å²) in [4.78, 5) is 68.3. The number of carbonyl (C=O) groups is 5. The lowest BCUT2D eigenvalue weighted by atomic mass is 9.95. The van der Waals surface area contributed by atoms with Gasteiger partial charge in [-0.1, -0.05) is 31.9 Å². The van der Waals surface area contributed by atoms with Crippen molar-refractivity contribution in [1.82, 2.24) is 0 Å². The van der Waals surface area contributed by atoms with Gasteiger partial charge in [0.25, 0.3) is 0 Å². The van der Waals surface area contributed by atoms with Crippen LogP contribution in [0.25, 0.3) is 0 Å². The maximum Gasteiger partial charge on any atom is 0.368 e. The van der Waals surface area contributed by atoms with E-state index >= 15 is 0 Å². The number of hydrogen-bond acceptors (Lipinski definition) is 10. The highest BCUT2D eigenvalue weighted by molar-refractivity contribution is 6.02. The Hall–Kier alpha value is -4.29. The Morgan fingerprint density at radius 1 is 0.821 bits per heavy atom. The van der Waals surface area contributed by atoms with Gasteiger partial charge in [-0.05, 0) is 38.8 Å². The molecule has 0 spiro atoms. The highest BCUT2D eigenvalue weighted by Gasteiger charge is 2.25. The number of rotatable bonds is 17. The van der Waals surface area contributed by atoms with Gasteiger partial charge in [-0.2, -0.15) is 4.89 Å². The number of esters is 2. The fourth-order valence-corrected chi connectivity index (χ4v) is 2.94. The topological polar surface area (TPSA) is 172 Å². The van der Waals surface area contributed by atoms with E-state index in [1.165, 1.54) is 32.9 Å². The lowest BCUT2D eigenvalue weighted by molar-refractivity contribution is -0.281. The van der Waals surface area contributed by atoms with E-state index in [0.29, 0.717) is 0 Å². The Morgan fingerprint density at radius 3 is 1.97 bits per heavy atom. The molecule has 0 aliphatic heterocycles. The Morgan fingerprint density at radius 2 is 1.44 bits per heavy atom. The number of carboxylic acids is 2. The number of carbonyl (C=O) groups excluding carboxylic acids is 3. The molecule has 2 unspecified atom stereocenters. The van der Waals surface area contributed by atoms with Gasteiger partial charge >= 0.3 is 29.8 Å². The average molecular weight is 549 g/mol. The first-order valence-corrected chi connectivity index (χ1v) is 11.6. The molecule has 0 aliphatic rings. The molecule has 0 fully saturated rings. The van der Waals surface area contributed by atoms with Crippen LogP contribution in [0, 0.1) is 0 Å². The molecule has 0 aliphatic carbocycles. The van der Waals surface area contributed by atoms with Crippen LogP contribution in [-0.4, -0.2) is 72.1 Å². The number of benzene rings is 1. The maximum atomic E-state index is 12.1. The predicted octanol–water partition coefficient (Wildman–Crippen LogP) is 3.06. The van der Waals surface area contributed by atoms with Gasteiger partial charge in [0.15, 0.2) is 6.10 Å². The summed E-state index contributed by atoms with van der Waals surface area (Å²) in [5.74, 6) is -5.12. The van der Waals surface area contributed by atoms with Gasteiger partial charge in [0.2, 0.25) is 0 Å². The van der Waals surface area contributed by atoms with Crippen LogP contribution in [0.2, 0.25) is 0 Å². The van der Waals surface area contributed by atoms with Crippen molar-refractivity contribution in [3.63, 3.8) is 0 Å². The normalized spacial score (nSPS) is 12.0. The molecule has 0 radical (unpaired) electrons. The highest BCUT2D eigenvalue weighted by atomic mass is 17.2. The molecule has 0 amide bonds. The molecule has 2 N–H and O–H groups in total. The standard InChI is InChI=1S/C27H32O12/c1-15(2)25(32)35-11-10-19(12-18-8-7-9-21(23(28)29)22(18)24(30)31)36-13-20(38-26(33)16(3)4)14-37-39-27(34)17(5)6/h7-9,19-20H,1,3,5,10-14H2,2,4,6H3,(H,28,29)(H,30,31). The summed E-state index contributed by atoms with van der Waals surface area (Å²) >= 11 is 0. The predicted molar refractivity (Wildman–Crippen MR) is 136 cm³/mol. The van der Waals surface area contributed by atoms with E-state index < -0.39 is 59.8 Å². The second-order valence-electron chi connectivity index (χ2n) is 8.56. The molecule has 12 nitrogen and oxygen atoms in total. The molecule has 0 saturated carbocycles. The molecule has 1 rings (SSSR count). The molecule has 212 valence electrons. The first kappa shape index (κ1) is 32.7. The number of aromatic carboxylic acids is 2. The minimum Gasteiger partial charge on any atom is -0.478 e. The highest BCUT2D eigenvalue weighted by Crippen LogP contribution is 2.20. The summed E-state index contributed by atoms with van der Waals surface area (Å²) in [7, 11) is 0. The molecule has 39 heavy (non-hydrogen) atoms. The fraction of sp³-hybridized carbons (Fsp3) is 0.370. The van der Waals surface area contributed by atoms with Crippen LogP contribution in [0.1, 0.15) is 53.5 Å². The van der Waals surface area contributed by atoms with E-state index in [-0.39, 0.29) is 48.3 Å². The third-order valence-electron chi connectivity index (χ3n) is 4.94. The molecule has 0 bridgehead atoms. The second-order valence-corrected chi connectivity index (χ2v) is 8.56. The van der Waals surface area contributed by atoms with Gasteiger partial charge in [0.1, 0.15) is 6.61 Å². The van der Waals surface area contributed by atoms with E-state index in [2.05, 4.69) is 24.6 Å². The van der Waals surface area contributed by atoms with Crippen LogP contribution >= 0.6 is 0 Å². The van der Waals surface area contributed by atoms with E-state index in [1.54, 1.807) is 0 Å². The van der Waals surface area contributed by atoms with Gasteiger partial charge < -0.3 is 24.4 Å². The van der Waals surface area contributed by atoms with E-state index in [0.717, 1.165) is 6.07 Å². The summed E-state index contributed by atoms with van der Waals surface area (Å²) in [6.07, 6.45) is -1.98. The summed E-state index contributed by atoms with van der Waals surface area (Å²) < 4.78 is 16.3. The second kappa shape index (κ2) is 15.8. The molecule has 1 aromatic carbocycles. The Balaban J connectivity index is 3.15.